The average Bonchev–Trinajstić information content (AvgIpc) is 3.08. The Labute approximate surface area is 195 Å². The molecule has 0 aliphatic carbocycles. The first-order chi connectivity index (χ1) is 14.8. The number of hydrogen-bond acceptors (Lipinski definition) is 7. The van der Waals surface area contributed by atoms with Gasteiger partial charge in [-0.1, -0.05) is 29.0 Å². The number of halogens is 1. The lowest BCUT2D eigenvalue weighted by atomic mass is 9.99. The first-order valence-electron chi connectivity index (χ1n) is 9.85. The Kier molecular flexibility index (Phi) is 6.21. The van der Waals surface area contributed by atoms with Crippen LogP contribution in [0.3, 0.4) is 0 Å². The first kappa shape index (κ1) is 22.0. The number of aryl methyl sites for hydroxylation is 2. The molecule has 3 aromatic rings. The second-order valence-corrected chi connectivity index (χ2v) is 10.6. The molecule has 2 aromatic heterocycles. The molecule has 3 heterocycles. The maximum Gasteiger partial charge on any atom is 0.211 e. The minimum absolute atomic E-state index is 0.250. The van der Waals surface area contributed by atoms with Crippen molar-refractivity contribution in [3.63, 3.8) is 0 Å². The van der Waals surface area contributed by atoms with E-state index in [4.69, 9.17) is 27.3 Å². The van der Waals surface area contributed by atoms with Crippen molar-refractivity contribution in [2.75, 3.05) is 6.61 Å². The van der Waals surface area contributed by atoms with E-state index in [0.29, 0.717) is 32.4 Å². The number of thiazole rings is 1. The zero-order valence-electron chi connectivity index (χ0n) is 17.7. The number of pyridine rings is 1. The summed E-state index contributed by atoms with van der Waals surface area (Å²) in [5, 5.41) is 11.7. The highest BCUT2D eigenvalue weighted by atomic mass is 35.5. The molecule has 160 valence electrons. The molecule has 0 bridgehead atoms. The Hall–Kier alpha value is -2.19. The minimum Gasteiger partial charge on any atom is -0.402 e. The quantitative estimate of drug-likeness (QED) is 0.450. The lowest BCUT2D eigenvalue weighted by Gasteiger charge is -2.20. The predicted molar refractivity (Wildman–Crippen MR) is 132 cm³/mol. The molecule has 31 heavy (non-hydrogen) atoms. The number of aliphatic hydroxyl groups is 1. The van der Waals surface area contributed by atoms with Crippen LogP contribution < -0.4 is 5.73 Å². The standard InChI is InChI=1S/C23H23ClN4OS2/c1-11-7-15(8-12(2)26-11)20(13(3)25)19(10-29)27-23-28-21-18-9-16(24)5-6-17(18)14(4)30-22(21)31-23/h5-9,14,29H,10,25H2,1-4H3. The van der Waals surface area contributed by atoms with Crippen LogP contribution in [0.1, 0.15) is 41.6 Å². The third kappa shape index (κ3) is 4.41. The van der Waals surface area contributed by atoms with Gasteiger partial charge in [0.15, 0.2) is 0 Å². The van der Waals surface area contributed by atoms with Crippen LogP contribution in [0.4, 0.5) is 5.13 Å². The topological polar surface area (TPSA) is 84.4 Å². The number of nitrogens with two attached hydrogens (primary N) is 1. The number of aromatic nitrogens is 2. The smallest absolute Gasteiger partial charge is 0.211 e. The van der Waals surface area contributed by atoms with Crippen LogP contribution in [0.2, 0.25) is 5.02 Å². The minimum atomic E-state index is -0.250. The van der Waals surface area contributed by atoms with Crippen molar-refractivity contribution < 1.29 is 5.11 Å². The molecular weight excluding hydrogens is 448 g/mol. The molecule has 1 aromatic carbocycles. The molecule has 3 N–H and O–H groups in total. The number of rotatable bonds is 4. The number of allylic oxidation sites excluding steroid dienone is 1. The van der Waals surface area contributed by atoms with Gasteiger partial charge in [0.25, 0.3) is 0 Å². The van der Waals surface area contributed by atoms with Gasteiger partial charge in [-0.15, -0.1) is 11.8 Å². The molecule has 0 fully saturated rings. The molecule has 5 nitrogen and oxygen atoms in total. The summed E-state index contributed by atoms with van der Waals surface area (Å²) in [5.41, 5.74) is 13.8. The third-order valence-corrected chi connectivity index (χ3v) is 7.54. The van der Waals surface area contributed by atoms with Crippen molar-refractivity contribution in [2.45, 2.75) is 37.2 Å². The fraction of sp³-hybridized carbons (Fsp3) is 0.261. The number of benzene rings is 1. The van der Waals surface area contributed by atoms with E-state index in [-0.39, 0.29) is 6.61 Å². The molecule has 1 unspecified atom stereocenters. The summed E-state index contributed by atoms with van der Waals surface area (Å²) >= 11 is 9.54. The highest BCUT2D eigenvalue weighted by molar-refractivity contribution is 8.01. The number of nitrogens with zero attached hydrogens (tertiary/aromatic N) is 3. The van der Waals surface area contributed by atoms with E-state index >= 15 is 0 Å². The van der Waals surface area contributed by atoms with Crippen LogP contribution in [-0.2, 0) is 0 Å². The fourth-order valence-corrected chi connectivity index (χ4v) is 6.44. The Balaban J connectivity index is 1.81. The first-order valence-corrected chi connectivity index (χ1v) is 11.9. The van der Waals surface area contributed by atoms with Gasteiger partial charge >= 0.3 is 0 Å². The molecule has 1 atom stereocenters. The van der Waals surface area contributed by atoms with Gasteiger partial charge in [-0.05, 0) is 63.1 Å². The van der Waals surface area contributed by atoms with Crippen molar-refractivity contribution in [1.29, 1.82) is 0 Å². The Morgan fingerprint density at radius 2 is 1.90 bits per heavy atom. The second-order valence-electron chi connectivity index (χ2n) is 7.54. The van der Waals surface area contributed by atoms with E-state index in [1.807, 2.05) is 45.0 Å². The Bertz CT molecular complexity index is 1210. The zero-order valence-corrected chi connectivity index (χ0v) is 20.1. The maximum atomic E-state index is 10.2. The van der Waals surface area contributed by atoms with E-state index in [9.17, 15) is 5.11 Å². The van der Waals surface area contributed by atoms with E-state index in [1.54, 1.807) is 11.8 Å². The van der Waals surface area contributed by atoms with Crippen LogP contribution >= 0.6 is 34.7 Å². The normalized spacial score (nSPS) is 16.6. The average molecular weight is 471 g/mol. The summed E-state index contributed by atoms with van der Waals surface area (Å²) in [4.78, 5) is 14.0. The summed E-state index contributed by atoms with van der Waals surface area (Å²) in [6.45, 7) is 7.61. The van der Waals surface area contributed by atoms with Crippen molar-refractivity contribution in [1.82, 2.24) is 9.97 Å². The van der Waals surface area contributed by atoms with E-state index in [0.717, 1.165) is 32.4 Å². The van der Waals surface area contributed by atoms with Crippen LogP contribution in [0, 0.1) is 13.8 Å². The van der Waals surface area contributed by atoms with Crippen molar-refractivity contribution in [3.05, 3.63) is 63.6 Å². The summed E-state index contributed by atoms with van der Waals surface area (Å²) in [5.74, 6) is 0. The Morgan fingerprint density at radius 3 is 2.55 bits per heavy atom. The highest BCUT2D eigenvalue weighted by Gasteiger charge is 2.27. The van der Waals surface area contributed by atoms with E-state index in [2.05, 4.69) is 18.0 Å². The monoisotopic (exact) mass is 470 g/mol. The van der Waals surface area contributed by atoms with Gasteiger partial charge in [0.1, 0.15) is 0 Å². The Morgan fingerprint density at radius 1 is 1.19 bits per heavy atom. The molecule has 0 saturated heterocycles. The summed E-state index contributed by atoms with van der Waals surface area (Å²) in [6, 6.07) is 9.84. The van der Waals surface area contributed by atoms with Gasteiger partial charge in [-0.3, -0.25) is 4.98 Å². The molecular formula is C23H23ClN4OS2. The van der Waals surface area contributed by atoms with Crippen molar-refractivity contribution >= 4 is 51.1 Å². The van der Waals surface area contributed by atoms with Crippen LogP contribution in [0.15, 0.2) is 45.2 Å². The number of thioether (sulfide) groups is 1. The number of hydrogen-bond donors (Lipinski definition) is 2. The maximum absolute atomic E-state index is 10.2. The second kappa shape index (κ2) is 8.74. The van der Waals surface area contributed by atoms with Gasteiger partial charge < -0.3 is 10.8 Å². The predicted octanol–water partition coefficient (Wildman–Crippen LogP) is 6.10. The molecule has 1 aliphatic rings. The van der Waals surface area contributed by atoms with Crippen LogP contribution in [0.5, 0.6) is 0 Å². The summed E-state index contributed by atoms with van der Waals surface area (Å²) in [7, 11) is 0. The summed E-state index contributed by atoms with van der Waals surface area (Å²) < 4.78 is 1.10. The fourth-order valence-electron chi connectivity index (χ4n) is 3.79. The molecule has 0 saturated carbocycles. The third-order valence-electron chi connectivity index (χ3n) is 5.01. The molecule has 1 aliphatic heterocycles. The molecule has 0 radical (unpaired) electrons. The van der Waals surface area contributed by atoms with Crippen molar-refractivity contribution in [3.8, 4) is 11.3 Å². The van der Waals surface area contributed by atoms with Gasteiger partial charge in [0.05, 0.1) is 22.2 Å². The highest BCUT2D eigenvalue weighted by Crippen LogP contribution is 2.52. The van der Waals surface area contributed by atoms with E-state index in [1.165, 1.54) is 16.9 Å². The lowest BCUT2D eigenvalue weighted by Crippen LogP contribution is -2.13. The van der Waals surface area contributed by atoms with E-state index < -0.39 is 0 Å². The largest absolute Gasteiger partial charge is 0.402 e. The van der Waals surface area contributed by atoms with Gasteiger partial charge in [0, 0.05) is 38.5 Å². The van der Waals surface area contributed by atoms with Gasteiger partial charge in [-0.25, -0.2) is 9.98 Å². The lowest BCUT2D eigenvalue weighted by molar-refractivity contribution is 0.359. The SMILES string of the molecule is CC(N)=C(C(CO)=Nc1nc2c(s1)SC(C)c1ccc(Cl)cc1-2)c1cc(C)nc(C)c1. The number of aliphatic hydroxyl groups excluding tert-OH is 1. The van der Waals surface area contributed by atoms with Gasteiger partial charge in [0.2, 0.25) is 5.13 Å². The molecule has 0 spiro atoms. The number of fused-ring (bicyclic) bond motifs is 3. The number of aliphatic imine (C=N–C) groups is 1. The van der Waals surface area contributed by atoms with Crippen molar-refractivity contribution in [2.24, 2.45) is 10.7 Å². The molecule has 0 amide bonds. The molecule has 4 rings (SSSR count). The van der Waals surface area contributed by atoms with Crippen LogP contribution in [-0.4, -0.2) is 27.4 Å². The zero-order chi connectivity index (χ0) is 22.3. The summed E-state index contributed by atoms with van der Waals surface area (Å²) in [6.07, 6.45) is 0. The molecule has 8 heteroatoms. The van der Waals surface area contributed by atoms with Gasteiger partial charge in [-0.2, -0.15) is 0 Å². The van der Waals surface area contributed by atoms with Crippen LogP contribution in [0.25, 0.3) is 16.8 Å².